The van der Waals surface area contributed by atoms with Gasteiger partial charge in [-0.2, -0.15) is 5.10 Å². The van der Waals surface area contributed by atoms with E-state index in [0.29, 0.717) is 6.54 Å². The van der Waals surface area contributed by atoms with Crippen LogP contribution in [-0.4, -0.2) is 40.2 Å². The second kappa shape index (κ2) is 6.19. The highest BCUT2D eigenvalue weighted by Crippen LogP contribution is 2.29. The van der Waals surface area contributed by atoms with Crippen LogP contribution in [-0.2, 0) is 11.8 Å². The summed E-state index contributed by atoms with van der Waals surface area (Å²) in [5, 5.41) is 7.16. The minimum absolute atomic E-state index is 0.0529. The second-order valence-electron chi connectivity index (χ2n) is 5.52. The summed E-state index contributed by atoms with van der Waals surface area (Å²) < 4.78 is 1.71. The molecule has 0 spiro atoms. The normalized spacial score (nSPS) is 14.9. The third-order valence-electron chi connectivity index (χ3n) is 3.39. The van der Waals surface area contributed by atoms with Crippen molar-refractivity contribution in [2.75, 3.05) is 25.0 Å². The Balaban J connectivity index is 1.85. The monoisotopic (exact) mass is 264 g/mol. The van der Waals surface area contributed by atoms with Crippen LogP contribution in [0.25, 0.3) is 0 Å². The lowest BCUT2D eigenvalue weighted by Crippen LogP contribution is -2.35. The molecule has 0 aliphatic heterocycles. The van der Waals surface area contributed by atoms with Gasteiger partial charge >= 0.3 is 0 Å². The molecule has 0 saturated heterocycles. The van der Waals surface area contributed by atoms with Crippen LogP contribution in [0.3, 0.4) is 0 Å². The fourth-order valence-corrected chi connectivity index (χ4v) is 2.33. The van der Waals surface area contributed by atoms with Gasteiger partial charge in [-0.3, -0.25) is 14.4 Å². The molecule has 19 heavy (non-hydrogen) atoms. The molecule has 1 N–H and O–H groups in total. The average Bonchev–Trinajstić information content (AvgIpc) is 3.06. The van der Waals surface area contributed by atoms with Crippen molar-refractivity contribution in [1.82, 2.24) is 14.7 Å². The number of aryl methyl sites for hydroxylation is 2. The molecule has 1 amide bonds. The maximum Gasteiger partial charge on any atom is 0.239 e. The number of aromatic nitrogens is 2. The zero-order valence-electron chi connectivity index (χ0n) is 12.1. The summed E-state index contributed by atoms with van der Waals surface area (Å²) in [6.07, 6.45) is 3.73. The predicted molar refractivity (Wildman–Crippen MR) is 76.0 cm³/mol. The van der Waals surface area contributed by atoms with Crippen molar-refractivity contribution in [3.05, 3.63) is 11.8 Å². The molecule has 1 fully saturated rings. The van der Waals surface area contributed by atoms with Gasteiger partial charge in [0.05, 0.1) is 12.2 Å². The summed E-state index contributed by atoms with van der Waals surface area (Å²) >= 11 is 0. The molecule has 2 rings (SSSR count). The third kappa shape index (κ3) is 4.35. The number of carbonyl (C=O) groups is 1. The van der Waals surface area contributed by atoms with E-state index in [1.54, 1.807) is 4.68 Å². The standard InChI is InChI=1S/C14H24N4O/c1-4-7-18(9-12-5-6-12)10-14(19)15-13-8-11(2)16-17(13)3/h8,12H,4-7,9-10H2,1-3H3,(H,15,19). The third-order valence-corrected chi connectivity index (χ3v) is 3.39. The van der Waals surface area contributed by atoms with Crippen LogP contribution in [0.2, 0.25) is 0 Å². The maximum atomic E-state index is 12.1. The predicted octanol–water partition coefficient (Wildman–Crippen LogP) is 1.79. The number of rotatable bonds is 7. The molecule has 0 bridgehead atoms. The van der Waals surface area contributed by atoms with Crippen molar-refractivity contribution >= 4 is 11.7 Å². The summed E-state index contributed by atoms with van der Waals surface area (Å²) in [7, 11) is 1.84. The zero-order valence-corrected chi connectivity index (χ0v) is 12.1. The largest absolute Gasteiger partial charge is 0.310 e. The molecule has 1 aromatic heterocycles. The summed E-state index contributed by atoms with van der Waals surface area (Å²) in [5.74, 6) is 1.64. The molecule has 0 unspecified atom stereocenters. The SMILES string of the molecule is CCCN(CC(=O)Nc1cc(C)nn1C)CC1CC1. The van der Waals surface area contributed by atoms with E-state index in [1.165, 1.54) is 12.8 Å². The number of hydrogen-bond donors (Lipinski definition) is 1. The van der Waals surface area contributed by atoms with Gasteiger partial charge < -0.3 is 5.32 Å². The van der Waals surface area contributed by atoms with E-state index in [1.807, 2.05) is 20.0 Å². The molecule has 5 heteroatoms. The van der Waals surface area contributed by atoms with Crippen LogP contribution in [0.5, 0.6) is 0 Å². The average molecular weight is 264 g/mol. The Labute approximate surface area is 115 Å². The lowest BCUT2D eigenvalue weighted by atomic mass is 10.3. The van der Waals surface area contributed by atoms with E-state index >= 15 is 0 Å². The molecule has 5 nitrogen and oxygen atoms in total. The Morgan fingerprint density at radius 3 is 2.84 bits per heavy atom. The molecule has 0 atom stereocenters. The molecular formula is C14H24N4O. The summed E-state index contributed by atoms with van der Waals surface area (Å²) in [6, 6.07) is 1.89. The first-order valence-corrected chi connectivity index (χ1v) is 7.11. The van der Waals surface area contributed by atoms with Crippen LogP contribution >= 0.6 is 0 Å². The number of nitrogens with zero attached hydrogens (tertiary/aromatic N) is 3. The van der Waals surface area contributed by atoms with Gasteiger partial charge in [0.25, 0.3) is 0 Å². The number of anilines is 1. The van der Waals surface area contributed by atoms with E-state index in [2.05, 4.69) is 22.2 Å². The maximum absolute atomic E-state index is 12.1. The van der Waals surface area contributed by atoms with Gasteiger partial charge in [0.1, 0.15) is 5.82 Å². The minimum atomic E-state index is 0.0529. The Hall–Kier alpha value is -1.36. The van der Waals surface area contributed by atoms with Gasteiger partial charge in [-0.1, -0.05) is 6.92 Å². The molecule has 1 aliphatic rings. The highest BCUT2D eigenvalue weighted by atomic mass is 16.2. The first-order chi connectivity index (χ1) is 9.08. The van der Waals surface area contributed by atoms with E-state index in [-0.39, 0.29) is 5.91 Å². The van der Waals surface area contributed by atoms with Gasteiger partial charge in [-0.25, -0.2) is 0 Å². The van der Waals surface area contributed by atoms with Gasteiger partial charge in [-0.05, 0) is 38.6 Å². The minimum Gasteiger partial charge on any atom is -0.310 e. The molecule has 0 radical (unpaired) electrons. The van der Waals surface area contributed by atoms with Gasteiger partial charge in [0, 0.05) is 19.7 Å². The van der Waals surface area contributed by atoms with Gasteiger partial charge in [0.15, 0.2) is 0 Å². The zero-order chi connectivity index (χ0) is 13.8. The van der Waals surface area contributed by atoms with Crippen molar-refractivity contribution in [3.8, 4) is 0 Å². The fraction of sp³-hybridized carbons (Fsp3) is 0.714. The smallest absolute Gasteiger partial charge is 0.239 e. The first kappa shape index (κ1) is 14.1. The van der Waals surface area contributed by atoms with Gasteiger partial charge in [0.2, 0.25) is 5.91 Å². The highest BCUT2D eigenvalue weighted by Gasteiger charge is 2.25. The van der Waals surface area contributed by atoms with Crippen LogP contribution < -0.4 is 5.32 Å². The van der Waals surface area contributed by atoms with E-state index in [0.717, 1.165) is 36.9 Å². The molecule has 1 heterocycles. The fourth-order valence-electron chi connectivity index (χ4n) is 2.33. The van der Waals surface area contributed by atoms with E-state index in [9.17, 15) is 4.79 Å². The molecule has 1 saturated carbocycles. The van der Waals surface area contributed by atoms with Crippen molar-refractivity contribution in [1.29, 1.82) is 0 Å². The highest BCUT2D eigenvalue weighted by molar-refractivity contribution is 5.91. The van der Waals surface area contributed by atoms with Crippen molar-refractivity contribution < 1.29 is 4.79 Å². The first-order valence-electron chi connectivity index (χ1n) is 7.11. The van der Waals surface area contributed by atoms with E-state index in [4.69, 9.17) is 0 Å². The van der Waals surface area contributed by atoms with Gasteiger partial charge in [-0.15, -0.1) is 0 Å². The Kier molecular flexibility index (Phi) is 4.58. The Bertz CT molecular complexity index is 437. The Morgan fingerprint density at radius 1 is 1.58 bits per heavy atom. The molecular weight excluding hydrogens is 240 g/mol. The Morgan fingerprint density at radius 2 is 2.32 bits per heavy atom. The summed E-state index contributed by atoms with van der Waals surface area (Å²) in [6.45, 7) is 6.61. The number of amides is 1. The van der Waals surface area contributed by atoms with E-state index < -0.39 is 0 Å². The number of hydrogen-bond acceptors (Lipinski definition) is 3. The number of nitrogens with one attached hydrogen (secondary N) is 1. The van der Waals surface area contributed by atoms with Crippen LogP contribution in [0.15, 0.2) is 6.07 Å². The summed E-state index contributed by atoms with van der Waals surface area (Å²) in [5.41, 5.74) is 0.918. The van der Waals surface area contributed by atoms with Crippen molar-refractivity contribution in [2.45, 2.75) is 33.1 Å². The second-order valence-corrected chi connectivity index (χ2v) is 5.52. The summed E-state index contributed by atoms with van der Waals surface area (Å²) in [4.78, 5) is 14.3. The molecule has 106 valence electrons. The van der Waals surface area contributed by atoms with Crippen LogP contribution in [0, 0.1) is 12.8 Å². The molecule has 0 aromatic carbocycles. The number of carbonyl (C=O) groups excluding carboxylic acids is 1. The molecule has 1 aromatic rings. The van der Waals surface area contributed by atoms with Crippen LogP contribution in [0.1, 0.15) is 31.9 Å². The quantitative estimate of drug-likeness (QED) is 0.817. The lowest BCUT2D eigenvalue weighted by Gasteiger charge is -2.20. The van der Waals surface area contributed by atoms with Crippen molar-refractivity contribution in [3.63, 3.8) is 0 Å². The van der Waals surface area contributed by atoms with Crippen molar-refractivity contribution in [2.24, 2.45) is 13.0 Å². The lowest BCUT2D eigenvalue weighted by molar-refractivity contribution is -0.117. The van der Waals surface area contributed by atoms with Crippen LogP contribution in [0.4, 0.5) is 5.82 Å². The topological polar surface area (TPSA) is 50.2 Å². The molecule has 1 aliphatic carbocycles.